The van der Waals surface area contributed by atoms with Crippen molar-refractivity contribution < 1.29 is 4.42 Å². The second-order valence-corrected chi connectivity index (χ2v) is 12.5. The summed E-state index contributed by atoms with van der Waals surface area (Å²) in [6.45, 7) is -0.0518. The van der Waals surface area contributed by atoms with E-state index in [1.165, 1.54) is 72.0 Å². The van der Waals surface area contributed by atoms with Crippen molar-refractivity contribution in [1.29, 1.82) is 0 Å². The average molecular weight is 584 g/mol. The van der Waals surface area contributed by atoms with E-state index in [0.717, 1.165) is 21.9 Å². The number of furan rings is 1. The molecule has 0 bridgehead atoms. The Bertz CT molecular complexity index is 2710. The van der Waals surface area contributed by atoms with E-state index < -0.39 is 0 Å². The van der Waals surface area contributed by atoms with E-state index in [1.54, 1.807) is 0 Å². The van der Waals surface area contributed by atoms with Crippen LogP contribution in [0.1, 0.15) is 0 Å². The van der Waals surface area contributed by atoms with Crippen LogP contribution >= 0.6 is 0 Å². The van der Waals surface area contributed by atoms with Crippen LogP contribution < -0.4 is 15.7 Å². The Kier molecular flexibility index (Phi) is 4.66. The van der Waals surface area contributed by atoms with E-state index in [9.17, 15) is 0 Å². The number of para-hydroxylation sites is 4. The zero-order valence-corrected chi connectivity index (χ0v) is 24.8. The number of fused-ring (bicyclic) bond motifs is 11. The molecular weight excluding hydrogens is 559 g/mol. The zero-order chi connectivity index (χ0) is 29.9. The first kappa shape index (κ1) is 24.3. The lowest BCUT2D eigenvalue weighted by Gasteiger charge is -2.42. The van der Waals surface area contributed by atoms with E-state index in [0.29, 0.717) is 0 Å². The maximum atomic E-state index is 6.55. The van der Waals surface area contributed by atoms with Gasteiger partial charge in [-0.1, -0.05) is 103 Å². The maximum Gasteiger partial charge on any atom is 0.333 e. The van der Waals surface area contributed by atoms with Crippen molar-refractivity contribution >= 4 is 72.9 Å². The number of hydrogen-bond acceptors (Lipinski definition) is 2. The standard InChI is InChI=1S/C42H25BN2O/c1-3-13-26(14-4-1)31-23-33-28-17-7-11-21-36(28)45(27-15-5-2-6-16-27)43-34-25-39-32(29-18-9-12-22-38(29)46-39)24-37(34)44-35-20-10-8-19-30(35)40(31)42(44)41(33)43/h1-25H. The van der Waals surface area contributed by atoms with E-state index in [-0.39, 0.29) is 6.85 Å². The van der Waals surface area contributed by atoms with Crippen molar-refractivity contribution in [2.24, 2.45) is 0 Å². The molecule has 11 rings (SSSR count). The molecule has 0 unspecified atom stereocenters. The Morgan fingerprint density at radius 1 is 0.500 bits per heavy atom. The predicted octanol–water partition coefficient (Wildman–Crippen LogP) is 9.59. The summed E-state index contributed by atoms with van der Waals surface area (Å²) < 4.78 is 9.09. The van der Waals surface area contributed by atoms with Crippen molar-refractivity contribution in [2.45, 2.75) is 0 Å². The monoisotopic (exact) mass is 584 g/mol. The summed E-state index contributed by atoms with van der Waals surface area (Å²) in [5.74, 6) is 0. The van der Waals surface area contributed by atoms with E-state index in [4.69, 9.17) is 4.42 Å². The van der Waals surface area contributed by atoms with Crippen molar-refractivity contribution in [2.75, 3.05) is 4.81 Å². The molecule has 0 spiro atoms. The third-order valence-corrected chi connectivity index (χ3v) is 10.1. The molecule has 0 N–H and O–H groups in total. The highest BCUT2D eigenvalue weighted by molar-refractivity contribution is 6.94. The molecule has 212 valence electrons. The topological polar surface area (TPSA) is 21.3 Å². The Hall–Kier alpha value is -6.00. The second kappa shape index (κ2) is 8.80. The lowest BCUT2D eigenvalue weighted by atomic mass is 9.43. The molecule has 2 aromatic heterocycles. The van der Waals surface area contributed by atoms with Gasteiger partial charge in [-0.05, 0) is 76.1 Å². The maximum absolute atomic E-state index is 6.55. The van der Waals surface area contributed by atoms with Crippen molar-refractivity contribution in [3.8, 4) is 27.9 Å². The lowest BCUT2D eigenvalue weighted by Crippen LogP contribution is -2.60. The van der Waals surface area contributed by atoms with E-state index >= 15 is 0 Å². The van der Waals surface area contributed by atoms with Gasteiger partial charge in [0.15, 0.2) is 0 Å². The van der Waals surface area contributed by atoms with E-state index in [1.807, 2.05) is 0 Å². The van der Waals surface area contributed by atoms with Gasteiger partial charge in [-0.15, -0.1) is 0 Å². The van der Waals surface area contributed by atoms with Gasteiger partial charge in [0.1, 0.15) is 11.2 Å². The largest absolute Gasteiger partial charge is 0.456 e. The van der Waals surface area contributed by atoms with E-state index in [2.05, 4.69) is 161 Å². The molecule has 4 heterocycles. The SMILES string of the molecule is c1ccc(-c2cc3c4c5c2c2ccccc2n5-c2cc5c(cc2B4N(c2ccccc2)c2ccccc2-3)oc2ccccc25)cc1. The summed E-state index contributed by atoms with van der Waals surface area (Å²) >= 11 is 0. The van der Waals surface area contributed by atoms with Crippen LogP contribution in [0.2, 0.25) is 0 Å². The van der Waals surface area contributed by atoms with Gasteiger partial charge < -0.3 is 13.8 Å². The van der Waals surface area contributed by atoms with Gasteiger partial charge >= 0.3 is 6.85 Å². The lowest BCUT2D eigenvalue weighted by molar-refractivity contribution is 0.669. The number of benzene rings is 7. The third kappa shape index (κ3) is 3.03. The molecule has 7 aromatic carbocycles. The molecule has 0 fully saturated rings. The molecule has 0 saturated carbocycles. The minimum Gasteiger partial charge on any atom is -0.456 e. The van der Waals surface area contributed by atoms with Crippen LogP contribution in [0.5, 0.6) is 0 Å². The Morgan fingerprint density at radius 2 is 1.22 bits per heavy atom. The highest BCUT2D eigenvalue weighted by atomic mass is 16.3. The van der Waals surface area contributed by atoms with Crippen molar-refractivity contribution in [3.63, 3.8) is 0 Å². The number of aromatic nitrogens is 1. The zero-order valence-electron chi connectivity index (χ0n) is 24.8. The molecule has 0 aliphatic carbocycles. The first-order valence-corrected chi connectivity index (χ1v) is 15.9. The first-order chi connectivity index (χ1) is 22.8. The second-order valence-electron chi connectivity index (χ2n) is 12.5. The van der Waals surface area contributed by atoms with Gasteiger partial charge in [-0.25, -0.2) is 0 Å². The third-order valence-electron chi connectivity index (χ3n) is 10.1. The van der Waals surface area contributed by atoms with Crippen molar-refractivity contribution in [1.82, 2.24) is 4.57 Å². The van der Waals surface area contributed by atoms with Crippen LogP contribution in [0, 0.1) is 0 Å². The first-order valence-electron chi connectivity index (χ1n) is 15.9. The summed E-state index contributed by atoms with van der Waals surface area (Å²) in [6.07, 6.45) is 0. The molecule has 2 aliphatic rings. The molecule has 2 aliphatic heterocycles. The number of nitrogens with zero attached hydrogens (tertiary/aromatic N) is 2. The van der Waals surface area contributed by atoms with Gasteiger partial charge in [-0.2, -0.15) is 0 Å². The fourth-order valence-electron chi connectivity index (χ4n) is 8.32. The van der Waals surface area contributed by atoms with Gasteiger partial charge in [-0.3, -0.25) is 0 Å². The Morgan fingerprint density at radius 3 is 2.09 bits per heavy atom. The quantitative estimate of drug-likeness (QED) is 0.189. The average Bonchev–Trinajstić information content (AvgIpc) is 3.67. The fraction of sp³-hybridized carbons (Fsp3) is 0. The fourth-order valence-corrected chi connectivity index (χ4v) is 8.32. The summed E-state index contributed by atoms with van der Waals surface area (Å²) in [6, 6.07) is 55.1. The molecule has 0 saturated heterocycles. The minimum absolute atomic E-state index is 0.0518. The molecule has 9 aromatic rings. The van der Waals surface area contributed by atoms with Crippen LogP contribution in [0.3, 0.4) is 0 Å². The normalized spacial score (nSPS) is 13.1. The van der Waals surface area contributed by atoms with Gasteiger partial charge in [0.05, 0.1) is 11.0 Å². The van der Waals surface area contributed by atoms with Crippen LogP contribution in [0.25, 0.3) is 71.7 Å². The Labute approximate surface area is 265 Å². The molecular formula is C42H25BN2O. The van der Waals surface area contributed by atoms with Crippen molar-refractivity contribution in [3.05, 3.63) is 152 Å². The summed E-state index contributed by atoms with van der Waals surface area (Å²) in [4.78, 5) is 2.55. The summed E-state index contributed by atoms with van der Waals surface area (Å²) in [7, 11) is 0. The summed E-state index contributed by atoms with van der Waals surface area (Å²) in [5, 5.41) is 4.87. The van der Waals surface area contributed by atoms with Crippen LogP contribution in [-0.2, 0) is 0 Å². The highest BCUT2D eigenvalue weighted by Gasteiger charge is 2.44. The molecule has 3 nitrogen and oxygen atoms in total. The van der Waals surface area contributed by atoms with Gasteiger partial charge in [0, 0.05) is 44.2 Å². The molecule has 0 atom stereocenters. The van der Waals surface area contributed by atoms with Gasteiger partial charge in [0.2, 0.25) is 0 Å². The molecule has 0 amide bonds. The van der Waals surface area contributed by atoms with Crippen LogP contribution in [-0.4, -0.2) is 11.4 Å². The molecule has 0 radical (unpaired) electrons. The highest BCUT2D eigenvalue weighted by Crippen LogP contribution is 2.48. The summed E-state index contributed by atoms with van der Waals surface area (Å²) in [5.41, 5.74) is 15.6. The number of anilines is 2. The van der Waals surface area contributed by atoms with Gasteiger partial charge in [0.25, 0.3) is 0 Å². The van der Waals surface area contributed by atoms with Crippen LogP contribution in [0.4, 0.5) is 11.4 Å². The predicted molar refractivity (Wildman–Crippen MR) is 193 cm³/mol. The smallest absolute Gasteiger partial charge is 0.333 e. The minimum atomic E-state index is -0.0518. The number of hydrogen-bond donors (Lipinski definition) is 0. The molecule has 46 heavy (non-hydrogen) atoms. The molecule has 4 heteroatoms. The van der Waals surface area contributed by atoms with Crippen LogP contribution in [0.15, 0.2) is 156 Å². The Balaban J connectivity index is 1.40. The number of rotatable bonds is 2.